The molecular formula is C11H17ClN2O. The topological polar surface area (TPSA) is 38.5 Å². The van der Waals surface area contributed by atoms with E-state index in [1.807, 2.05) is 19.2 Å². The van der Waals surface area contributed by atoms with Crippen molar-refractivity contribution in [2.24, 2.45) is 5.73 Å². The standard InChI is InChI=1S/C11H17ClN2O/c1-8(7-13)14(2)11-5-4-9(15-3)6-10(11)12/h4-6,8H,7,13H2,1-3H3. The van der Waals surface area contributed by atoms with Crippen LogP contribution in [0.5, 0.6) is 5.75 Å². The van der Waals surface area contributed by atoms with Gasteiger partial charge in [-0.2, -0.15) is 0 Å². The molecule has 3 nitrogen and oxygen atoms in total. The maximum absolute atomic E-state index is 6.14. The third kappa shape index (κ3) is 2.76. The van der Waals surface area contributed by atoms with Gasteiger partial charge >= 0.3 is 0 Å². The summed E-state index contributed by atoms with van der Waals surface area (Å²) in [6.07, 6.45) is 0. The number of halogens is 1. The Morgan fingerprint density at radius 1 is 1.53 bits per heavy atom. The van der Waals surface area contributed by atoms with Gasteiger partial charge in [0, 0.05) is 25.7 Å². The lowest BCUT2D eigenvalue weighted by atomic mass is 10.2. The van der Waals surface area contributed by atoms with Crippen LogP contribution in [0, 0.1) is 0 Å². The Morgan fingerprint density at radius 3 is 2.67 bits per heavy atom. The lowest BCUT2D eigenvalue weighted by Gasteiger charge is -2.26. The van der Waals surface area contributed by atoms with Gasteiger partial charge in [0.05, 0.1) is 17.8 Å². The molecular weight excluding hydrogens is 212 g/mol. The van der Waals surface area contributed by atoms with Crippen molar-refractivity contribution in [3.8, 4) is 5.75 Å². The molecule has 1 rings (SSSR count). The smallest absolute Gasteiger partial charge is 0.120 e. The number of hydrogen-bond acceptors (Lipinski definition) is 3. The Morgan fingerprint density at radius 2 is 2.20 bits per heavy atom. The predicted octanol–water partition coefficient (Wildman–Crippen LogP) is 2.13. The fourth-order valence-electron chi connectivity index (χ4n) is 1.30. The van der Waals surface area contributed by atoms with Crippen LogP contribution < -0.4 is 15.4 Å². The molecule has 4 heteroatoms. The summed E-state index contributed by atoms with van der Waals surface area (Å²) < 4.78 is 5.09. The number of methoxy groups -OCH3 is 1. The van der Waals surface area contributed by atoms with Gasteiger partial charge in [0.1, 0.15) is 5.75 Å². The van der Waals surface area contributed by atoms with Crippen molar-refractivity contribution in [3.05, 3.63) is 23.2 Å². The molecule has 1 unspecified atom stereocenters. The van der Waals surface area contributed by atoms with E-state index in [9.17, 15) is 0 Å². The maximum atomic E-state index is 6.14. The predicted molar refractivity (Wildman–Crippen MR) is 64.9 cm³/mol. The van der Waals surface area contributed by atoms with E-state index in [1.165, 1.54) is 0 Å². The van der Waals surface area contributed by atoms with Gasteiger partial charge in [0.2, 0.25) is 0 Å². The van der Waals surface area contributed by atoms with Crippen LogP contribution in [-0.4, -0.2) is 26.7 Å². The molecule has 2 N–H and O–H groups in total. The molecule has 0 aliphatic heterocycles. The molecule has 84 valence electrons. The van der Waals surface area contributed by atoms with Gasteiger partial charge in [-0.3, -0.25) is 0 Å². The fourth-order valence-corrected chi connectivity index (χ4v) is 1.60. The zero-order valence-corrected chi connectivity index (χ0v) is 10.1. The Labute approximate surface area is 95.8 Å². The Balaban J connectivity index is 2.95. The van der Waals surface area contributed by atoms with Crippen LogP contribution in [0.25, 0.3) is 0 Å². The second-order valence-corrected chi connectivity index (χ2v) is 3.92. The lowest BCUT2D eigenvalue weighted by Crippen LogP contribution is -2.35. The highest BCUT2D eigenvalue weighted by molar-refractivity contribution is 6.33. The molecule has 0 amide bonds. The van der Waals surface area contributed by atoms with Crippen LogP contribution in [0.4, 0.5) is 5.69 Å². The van der Waals surface area contributed by atoms with Crippen LogP contribution in [0.3, 0.4) is 0 Å². The molecule has 1 atom stereocenters. The van der Waals surface area contributed by atoms with E-state index in [0.717, 1.165) is 11.4 Å². The lowest BCUT2D eigenvalue weighted by molar-refractivity contribution is 0.415. The Hall–Kier alpha value is -0.930. The Bertz CT molecular complexity index is 330. The molecule has 0 radical (unpaired) electrons. The van der Waals surface area contributed by atoms with Crippen molar-refractivity contribution in [1.29, 1.82) is 0 Å². The van der Waals surface area contributed by atoms with Crippen molar-refractivity contribution in [2.45, 2.75) is 13.0 Å². The number of ether oxygens (including phenoxy) is 1. The van der Waals surface area contributed by atoms with Crippen LogP contribution in [0.2, 0.25) is 5.02 Å². The minimum atomic E-state index is 0.260. The SMILES string of the molecule is COc1ccc(N(C)C(C)CN)c(Cl)c1. The summed E-state index contributed by atoms with van der Waals surface area (Å²) in [6, 6.07) is 5.89. The third-order valence-corrected chi connectivity index (χ3v) is 2.84. The second-order valence-electron chi connectivity index (χ2n) is 3.51. The highest BCUT2D eigenvalue weighted by Gasteiger charge is 2.11. The van der Waals surface area contributed by atoms with Crippen LogP contribution in [-0.2, 0) is 0 Å². The number of nitrogens with zero attached hydrogens (tertiary/aromatic N) is 1. The summed E-state index contributed by atoms with van der Waals surface area (Å²) >= 11 is 6.14. The molecule has 0 aliphatic carbocycles. The number of anilines is 1. The van der Waals surface area contributed by atoms with E-state index in [2.05, 4.69) is 11.8 Å². The van der Waals surface area contributed by atoms with Gasteiger partial charge in [-0.25, -0.2) is 0 Å². The number of hydrogen-bond donors (Lipinski definition) is 1. The van der Waals surface area contributed by atoms with Crippen LogP contribution >= 0.6 is 11.6 Å². The number of rotatable bonds is 4. The quantitative estimate of drug-likeness (QED) is 0.858. The van der Waals surface area contributed by atoms with Crippen molar-refractivity contribution in [1.82, 2.24) is 0 Å². The van der Waals surface area contributed by atoms with E-state index >= 15 is 0 Å². The van der Waals surface area contributed by atoms with E-state index in [0.29, 0.717) is 11.6 Å². The summed E-state index contributed by atoms with van der Waals surface area (Å²) in [6.45, 7) is 2.65. The molecule has 0 saturated carbocycles. The fraction of sp³-hybridized carbons (Fsp3) is 0.455. The first-order chi connectivity index (χ1) is 7.10. The summed E-state index contributed by atoms with van der Waals surface area (Å²) in [5.41, 5.74) is 6.57. The van der Waals surface area contributed by atoms with Crippen LogP contribution in [0.15, 0.2) is 18.2 Å². The van der Waals surface area contributed by atoms with Gasteiger partial charge < -0.3 is 15.4 Å². The summed E-state index contributed by atoms with van der Waals surface area (Å²) in [7, 11) is 3.60. The van der Waals surface area contributed by atoms with Crippen molar-refractivity contribution in [2.75, 3.05) is 25.6 Å². The average molecular weight is 229 g/mol. The van der Waals surface area contributed by atoms with Crippen LogP contribution in [0.1, 0.15) is 6.92 Å². The number of nitrogens with two attached hydrogens (primary N) is 1. The first kappa shape index (κ1) is 12.1. The zero-order chi connectivity index (χ0) is 11.4. The summed E-state index contributed by atoms with van der Waals surface area (Å²) in [5, 5.41) is 0.678. The maximum Gasteiger partial charge on any atom is 0.120 e. The summed E-state index contributed by atoms with van der Waals surface area (Å²) in [4.78, 5) is 2.06. The number of benzene rings is 1. The summed E-state index contributed by atoms with van der Waals surface area (Å²) in [5.74, 6) is 0.762. The van der Waals surface area contributed by atoms with E-state index in [-0.39, 0.29) is 6.04 Å². The van der Waals surface area contributed by atoms with E-state index in [1.54, 1.807) is 13.2 Å². The first-order valence-electron chi connectivity index (χ1n) is 4.86. The van der Waals surface area contributed by atoms with Crippen molar-refractivity contribution >= 4 is 17.3 Å². The van der Waals surface area contributed by atoms with E-state index in [4.69, 9.17) is 22.1 Å². The molecule has 0 bridgehead atoms. The molecule has 0 aromatic heterocycles. The molecule has 0 spiro atoms. The number of likely N-dealkylation sites (N-methyl/N-ethyl adjacent to an activating group) is 1. The molecule has 0 saturated heterocycles. The van der Waals surface area contributed by atoms with Crippen molar-refractivity contribution in [3.63, 3.8) is 0 Å². The monoisotopic (exact) mass is 228 g/mol. The molecule has 1 aromatic carbocycles. The third-order valence-electron chi connectivity index (χ3n) is 2.54. The molecule has 1 aromatic rings. The molecule has 15 heavy (non-hydrogen) atoms. The highest BCUT2D eigenvalue weighted by atomic mass is 35.5. The minimum absolute atomic E-state index is 0.260. The Kier molecular flexibility index (Phi) is 4.24. The second kappa shape index (κ2) is 5.24. The molecule has 0 heterocycles. The first-order valence-corrected chi connectivity index (χ1v) is 5.24. The van der Waals surface area contributed by atoms with Gasteiger partial charge in [0.15, 0.2) is 0 Å². The van der Waals surface area contributed by atoms with Gasteiger partial charge in [-0.1, -0.05) is 11.6 Å². The van der Waals surface area contributed by atoms with Gasteiger partial charge in [-0.15, -0.1) is 0 Å². The average Bonchev–Trinajstić information content (AvgIpc) is 2.26. The minimum Gasteiger partial charge on any atom is -0.497 e. The van der Waals surface area contributed by atoms with Gasteiger partial charge in [0.25, 0.3) is 0 Å². The van der Waals surface area contributed by atoms with Gasteiger partial charge in [-0.05, 0) is 19.1 Å². The largest absolute Gasteiger partial charge is 0.497 e. The highest BCUT2D eigenvalue weighted by Crippen LogP contribution is 2.29. The van der Waals surface area contributed by atoms with Crippen molar-refractivity contribution < 1.29 is 4.74 Å². The molecule has 0 aliphatic rings. The zero-order valence-electron chi connectivity index (χ0n) is 9.33. The van der Waals surface area contributed by atoms with E-state index < -0.39 is 0 Å². The molecule has 0 fully saturated rings. The normalized spacial score (nSPS) is 12.3.